The fraction of sp³-hybridized carbons (Fsp3) is 0.762. The van der Waals surface area contributed by atoms with E-state index in [1.165, 1.54) is 31.4 Å². The molecule has 0 spiro atoms. The van der Waals surface area contributed by atoms with Gasteiger partial charge in [-0.15, -0.1) is 33.2 Å². The van der Waals surface area contributed by atoms with E-state index in [1.807, 2.05) is 6.20 Å². The second kappa shape index (κ2) is 14.8. The monoisotopic (exact) mass is 466 g/mol. The van der Waals surface area contributed by atoms with Crippen LogP contribution in [-0.4, -0.2) is 17.0 Å². The lowest BCUT2D eigenvalue weighted by Gasteiger charge is -2.27. The van der Waals surface area contributed by atoms with Gasteiger partial charge >= 0.3 is 6.00 Å². The average molecular weight is 468 g/mol. The van der Waals surface area contributed by atoms with Gasteiger partial charge in [0.1, 0.15) is 0 Å². The molecule has 2 unspecified atom stereocenters. The molecule has 0 radical (unpaired) electrons. The number of carboxylic acid groups (broad SMARTS) is 1. The van der Waals surface area contributed by atoms with Gasteiger partial charge in [0, 0.05) is 23.8 Å². The number of aliphatic carboxylic acids is 1. The van der Waals surface area contributed by atoms with E-state index in [2.05, 4.69) is 24.0 Å². The molecule has 0 aliphatic carbocycles. The fourth-order valence-electron chi connectivity index (χ4n) is 3.97. The van der Waals surface area contributed by atoms with Gasteiger partial charge in [0.05, 0.1) is 0 Å². The smallest absolute Gasteiger partial charge is 0.341 e. The van der Waals surface area contributed by atoms with Gasteiger partial charge in [-0.05, 0) is 56.2 Å². The maximum atomic E-state index is 10.7. The first kappa shape index (κ1) is 25.9. The molecular formula is C21H35Cl3NO2Si-. The number of unbranched alkanes of at least 4 members (excludes halogenated alkanes) is 5. The minimum atomic E-state index is -2.51. The zero-order valence-corrected chi connectivity index (χ0v) is 20.3. The fourth-order valence-corrected chi connectivity index (χ4v) is 5.82. The summed E-state index contributed by atoms with van der Waals surface area (Å²) in [6.45, 7) is 2.23. The predicted octanol–water partition coefficient (Wildman–Crippen LogP) is 6.82. The SMILES string of the molecule is CCCCCC(c1ccc[nH]1)C(CCCCC[Si](Cl)(Cl)Cl)CCCCC(=O)[O-]. The van der Waals surface area contributed by atoms with Gasteiger partial charge in [-0.2, -0.15) is 0 Å². The summed E-state index contributed by atoms with van der Waals surface area (Å²) in [6, 6.07) is 2.48. The Kier molecular flexibility index (Phi) is 13.6. The summed E-state index contributed by atoms with van der Waals surface area (Å²) in [7, 11) is 0. The van der Waals surface area contributed by atoms with E-state index < -0.39 is 12.0 Å². The number of rotatable bonds is 17. The van der Waals surface area contributed by atoms with Crippen molar-refractivity contribution in [2.24, 2.45) is 5.92 Å². The van der Waals surface area contributed by atoms with Crippen LogP contribution < -0.4 is 5.11 Å². The lowest BCUT2D eigenvalue weighted by Crippen LogP contribution is -2.21. The first-order chi connectivity index (χ1) is 13.3. The van der Waals surface area contributed by atoms with Crippen LogP contribution in [0.5, 0.6) is 0 Å². The summed E-state index contributed by atoms with van der Waals surface area (Å²) in [4.78, 5) is 14.1. The van der Waals surface area contributed by atoms with E-state index in [0.29, 0.717) is 18.3 Å². The zero-order valence-electron chi connectivity index (χ0n) is 17.0. The third-order valence-electron chi connectivity index (χ3n) is 5.45. The number of hydrogen-bond donors (Lipinski definition) is 1. The summed E-state index contributed by atoms with van der Waals surface area (Å²) < 4.78 is 0. The number of halogens is 3. The van der Waals surface area contributed by atoms with Crippen molar-refractivity contribution in [3.8, 4) is 0 Å². The molecule has 1 aromatic rings. The van der Waals surface area contributed by atoms with Gasteiger partial charge in [0.2, 0.25) is 0 Å². The highest BCUT2D eigenvalue weighted by molar-refractivity contribution is 7.64. The third-order valence-corrected chi connectivity index (χ3v) is 8.07. The number of H-pyrrole nitrogens is 1. The number of carboxylic acids is 1. The van der Waals surface area contributed by atoms with Crippen LogP contribution >= 0.6 is 33.2 Å². The highest BCUT2D eigenvalue weighted by atomic mass is 35.8. The van der Waals surface area contributed by atoms with Crippen molar-refractivity contribution in [2.75, 3.05) is 0 Å². The molecule has 28 heavy (non-hydrogen) atoms. The van der Waals surface area contributed by atoms with E-state index in [1.54, 1.807) is 0 Å². The molecule has 0 aliphatic heterocycles. The summed E-state index contributed by atoms with van der Waals surface area (Å²) in [5.74, 6) is 0.116. The maximum Gasteiger partial charge on any atom is 0.341 e. The topological polar surface area (TPSA) is 55.9 Å². The van der Waals surface area contributed by atoms with Gasteiger partial charge in [0.25, 0.3) is 0 Å². The number of aromatic nitrogens is 1. The molecule has 0 amide bonds. The van der Waals surface area contributed by atoms with Crippen LogP contribution in [0.1, 0.15) is 95.6 Å². The summed E-state index contributed by atoms with van der Waals surface area (Å²) in [5.41, 5.74) is 1.31. The average Bonchev–Trinajstić information content (AvgIpc) is 3.14. The minimum absolute atomic E-state index is 0.156. The van der Waals surface area contributed by atoms with E-state index >= 15 is 0 Å². The third kappa shape index (κ3) is 12.4. The maximum absolute atomic E-state index is 10.7. The molecule has 0 aromatic carbocycles. The van der Waals surface area contributed by atoms with Crippen molar-refractivity contribution >= 4 is 45.2 Å². The van der Waals surface area contributed by atoms with E-state index in [-0.39, 0.29) is 6.42 Å². The zero-order chi connectivity index (χ0) is 20.8. The standard InChI is InChI=1S/C21H36Cl3NO2Si/c1-2-3-5-13-19(20-14-10-16-25-20)18(12-7-8-15-21(26)27)11-6-4-9-17-28(22,23)24/h10,14,16,18-19,25H,2-9,11-13,15,17H2,1H3,(H,26,27)/p-1. The molecule has 0 fully saturated rings. The van der Waals surface area contributed by atoms with Gasteiger partial charge in [-0.3, -0.25) is 0 Å². The molecule has 0 saturated carbocycles. The van der Waals surface area contributed by atoms with E-state index in [4.69, 9.17) is 33.2 Å². The molecule has 162 valence electrons. The Labute approximate surface area is 185 Å². The lowest BCUT2D eigenvalue weighted by molar-refractivity contribution is -0.305. The molecule has 1 rings (SSSR count). The van der Waals surface area contributed by atoms with E-state index in [9.17, 15) is 9.90 Å². The minimum Gasteiger partial charge on any atom is -0.550 e. The quantitative estimate of drug-likeness (QED) is 0.155. The number of carbonyl (C=O) groups excluding carboxylic acids is 1. The van der Waals surface area contributed by atoms with Gasteiger partial charge in [-0.25, -0.2) is 0 Å². The highest BCUT2D eigenvalue weighted by Gasteiger charge is 2.25. The Morgan fingerprint density at radius 2 is 1.71 bits per heavy atom. The molecular weight excluding hydrogens is 433 g/mol. The molecule has 0 bridgehead atoms. The Balaban J connectivity index is 2.64. The summed E-state index contributed by atoms with van der Waals surface area (Å²) in [6.07, 6.45) is 14.1. The van der Waals surface area contributed by atoms with Crippen LogP contribution in [0.4, 0.5) is 0 Å². The van der Waals surface area contributed by atoms with Crippen molar-refractivity contribution in [1.29, 1.82) is 0 Å². The molecule has 0 saturated heterocycles. The normalized spacial score (nSPS) is 14.1. The molecule has 7 heteroatoms. The van der Waals surface area contributed by atoms with Crippen LogP contribution in [0, 0.1) is 5.92 Å². The molecule has 2 atom stereocenters. The van der Waals surface area contributed by atoms with Crippen molar-refractivity contribution in [2.45, 2.75) is 95.9 Å². The van der Waals surface area contributed by atoms with Crippen LogP contribution in [0.3, 0.4) is 0 Å². The first-order valence-corrected chi connectivity index (χ1v) is 16.0. The van der Waals surface area contributed by atoms with Crippen molar-refractivity contribution in [3.05, 3.63) is 24.0 Å². The number of nitrogens with one attached hydrogen (secondary N) is 1. The molecule has 0 aliphatic rings. The second-order valence-electron chi connectivity index (χ2n) is 7.82. The lowest BCUT2D eigenvalue weighted by atomic mass is 9.79. The Morgan fingerprint density at radius 1 is 1.04 bits per heavy atom. The molecule has 1 heterocycles. The number of carbonyl (C=O) groups is 1. The highest BCUT2D eigenvalue weighted by Crippen LogP contribution is 2.36. The van der Waals surface area contributed by atoms with E-state index in [0.717, 1.165) is 44.6 Å². The van der Waals surface area contributed by atoms with Crippen LogP contribution in [0.2, 0.25) is 6.04 Å². The number of hydrogen-bond acceptors (Lipinski definition) is 2. The van der Waals surface area contributed by atoms with Crippen LogP contribution in [0.15, 0.2) is 18.3 Å². The largest absolute Gasteiger partial charge is 0.550 e. The van der Waals surface area contributed by atoms with Crippen molar-refractivity contribution in [3.63, 3.8) is 0 Å². The predicted molar refractivity (Wildman–Crippen MR) is 121 cm³/mol. The number of aromatic amines is 1. The van der Waals surface area contributed by atoms with Crippen molar-refractivity contribution < 1.29 is 9.90 Å². The molecule has 3 nitrogen and oxygen atoms in total. The van der Waals surface area contributed by atoms with Gasteiger partial charge in [0.15, 0.2) is 0 Å². The molecule has 1 N–H and O–H groups in total. The first-order valence-electron chi connectivity index (χ1n) is 10.7. The summed E-state index contributed by atoms with van der Waals surface area (Å²) >= 11 is 18.0. The van der Waals surface area contributed by atoms with Crippen LogP contribution in [-0.2, 0) is 4.79 Å². The Hall–Kier alpha value is -0.163. The summed E-state index contributed by atoms with van der Waals surface area (Å²) in [5, 5.41) is 10.7. The van der Waals surface area contributed by atoms with Crippen LogP contribution in [0.25, 0.3) is 0 Å². The Bertz CT molecular complexity index is 520. The molecule has 1 aromatic heterocycles. The second-order valence-corrected chi connectivity index (χ2v) is 17.1. The Morgan fingerprint density at radius 3 is 2.29 bits per heavy atom. The van der Waals surface area contributed by atoms with Gasteiger partial charge < -0.3 is 14.9 Å². The van der Waals surface area contributed by atoms with Crippen molar-refractivity contribution in [1.82, 2.24) is 4.98 Å². The van der Waals surface area contributed by atoms with Gasteiger partial charge in [-0.1, -0.05) is 51.9 Å².